The predicted molar refractivity (Wildman–Crippen MR) is 106 cm³/mol. The SMILES string of the molecule is O=C(CCc1ccc2n1[B-](F)(F)[N+]1=C(c3ccc[nH]3)C=CC1=C2)ON1C(=O)CCC1=O. The number of allylic oxidation sites excluding steroid dienone is 2. The number of aromatic amines is 1. The second-order valence-corrected chi connectivity index (χ2v) is 7.49. The van der Waals surface area contributed by atoms with Crippen molar-refractivity contribution in [3.05, 3.63) is 65.4 Å². The van der Waals surface area contributed by atoms with Gasteiger partial charge in [0.25, 0.3) is 11.8 Å². The maximum atomic E-state index is 15.7. The summed E-state index contributed by atoms with van der Waals surface area (Å²) in [4.78, 5) is 43.0. The van der Waals surface area contributed by atoms with Crippen LogP contribution in [0.25, 0.3) is 6.08 Å². The van der Waals surface area contributed by atoms with Crippen molar-refractivity contribution in [3.63, 3.8) is 0 Å². The number of aryl methyl sites for hydroxylation is 1. The average Bonchev–Trinajstić information content (AvgIpc) is 3.50. The molecule has 0 bridgehead atoms. The average molecular weight is 426 g/mol. The highest BCUT2D eigenvalue weighted by Gasteiger charge is 2.52. The largest absolute Gasteiger partial charge is 0.737 e. The number of H-pyrrole nitrogens is 1. The number of imide groups is 1. The smallest absolute Gasteiger partial charge is 0.394 e. The number of rotatable bonds is 5. The number of hydrogen-bond acceptors (Lipinski definition) is 4. The Morgan fingerprint density at radius 2 is 1.94 bits per heavy atom. The van der Waals surface area contributed by atoms with E-state index < -0.39 is 24.8 Å². The summed E-state index contributed by atoms with van der Waals surface area (Å²) in [7, 11) is 0. The third-order valence-corrected chi connectivity index (χ3v) is 5.56. The number of carbonyl (C=O) groups excluding carboxylic acids is 3. The van der Waals surface area contributed by atoms with E-state index in [9.17, 15) is 14.4 Å². The molecule has 3 aliphatic rings. The first-order chi connectivity index (χ1) is 14.9. The van der Waals surface area contributed by atoms with Gasteiger partial charge in [-0.05, 0) is 36.4 Å². The molecule has 2 aromatic rings. The van der Waals surface area contributed by atoms with E-state index >= 15 is 8.63 Å². The molecule has 3 aliphatic heterocycles. The minimum absolute atomic E-state index is 0.00868. The zero-order chi connectivity index (χ0) is 21.8. The second-order valence-electron chi connectivity index (χ2n) is 7.49. The highest BCUT2D eigenvalue weighted by atomic mass is 19.2. The Bertz CT molecular complexity index is 1190. The van der Waals surface area contributed by atoms with Crippen LogP contribution in [0, 0.1) is 0 Å². The van der Waals surface area contributed by atoms with Crippen LogP contribution in [0.3, 0.4) is 0 Å². The molecule has 8 nitrogen and oxygen atoms in total. The molecule has 2 amide bonds. The number of nitrogens with zero attached hydrogens (tertiary/aromatic N) is 3. The number of aromatic nitrogens is 2. The standard InChI is InChI=1S/C20H17BF2N4O4/c22-21(23)25-13(6-10-20(30)31-27-18(28)8-9-19(27)29)3-4-14(25)12-15-5-7-17(26(15)21)16-2-1-11-24-16/h1-5,7,11-12,24H,6,8-10H2. The molecule has 158 valence electrons. The van der Waals surface area contributed by atoms with Gasteiger partial charge in [0.15, 0.2) is 11.4 Å². The van der Waals surface area contributed by atoms with Gasteiger partial charge in [-0.2, -0.15) is 0 Å². The van der Waals surface area contributed by atoms with Gasteiger partial charge in [0, 0.05) is 43.0 Å². The normalized spacial score (nSPS) is 19.0. The van der Waals surface area contributed by atoms with Crippen LogP contribution >= 0.6 is 0 Å². The van der Waals surface area contributed by atoms with Crippen molar-refractivity contribution < 1.29 is 32.3 Å². The van der Waals surface area contributed by atoms with E-state index in [-0.39, 0.29) is 31.4 Å². The molecule has 11 heteroatoms. The molecule has 0 atom stereocenters. The number of halogens is 2. The van der Waals surface area contributed by atoms with Crippen LogP contribution in [0.4, 0.5) is 8.63 Å². The summed E-state index contributed by atoms with van der Waals surface area (Å²) in [6.45, 7) is -4.21. The van der Waals surface area contributed by atoms with Gasteiger partial charge < -0.3 is 27.4 Å². The van der Waals surface area contributed by atoms with Gasteiger partial charge in [-0.1, -0.05) is 0 Å². The first kappa shape index (κ1) is 19.2. The van der Waals surface area contributed by atoms with Gasteiger partial charge in [-0.3, -0.25) is 9.59 Å². The number of fused-ring (bicyclic) bond motifs is 2. The first-order valence-corrected chi connectivity index (χ1v) is 9.85. The minimum atomic E-state index is -4.21. The van der Waals surface area contributed by atoms with Crippen LogP contribution in [0.1, 0.15) is 36.3 Å². The van der Waals surface area contributed by atoms with Crippen molar-refractivity contribution in [3.8, 4) is 0 Å². The van der Waals surface area contributed by atoms with Gasteiger partial charge in [-0.15, -0.1) is 5.06 Å². The molecule has 0 aliphatic carbocycles. The number of amides is 2. The van der Waals surface area contributed by atoms with Crippen LogP contribution < -0.4 is 0 Å². The van der Waals surface area contributed by atoms with E-state index in [4.69, 9.17) is 4.84 Å². The molecule has 1 N–H and O–H groups in total. The summed E-state index contributed by atoms with van der Waals surface area (Å²) in [5.74, 6) is -2.00. The molecule has 5 rings (SSSR count). The summed E-state index contributed by atoms with van der Waals surface area (Å²) < 4.78 is 33.3. The Balaban J connectivity index is 1.40. The highest BCUT2D eigenvalue weighted by molar-refractivity contribution is 6.58. The minimum Gasteiger partial charge on any atom is -0.394 e. The zero-order valence-corrected chi connectivity index (χ0v) is 16.3. The quantitative estimate of drug-likeness (QED) is 0.586. The lowest BCUT2D eigenvalue weighted by molar-refractivity contribution is -0.360. The molecule has 1 fully saturated rings. The molecule has 1 saturated heterocycles. The van der Waals surface area contributed by atoms with Gasteiger partial charge in [0.2, 0.25) is 0 Å². The molecule has 0 saturated carbocycles. The Hall–Kier alpha value is -3.76. The van der Waals surface area contributed by atoms with Crippen molar-refractivity contribution in [1.29, 1.82) is 0 Å². The maximum Gasteiger partial charge on any atom is 0.737 e. The fraction of sp³-hybridized carbons (Fsp3) is 0.200. The van der Waals surface area contributed by atoms with Crippen LogP contribution in [0.15, 0.2) is 48.3 Å². The van der Waals surface area contributed by atoms with E-state index in [0.29, 0.717) is 27.9 Å². The van der Waals surface area contributed by atoms with Crippen molar-refractivity contribution in [2.75, 3.05) is 0 Å². The molecule has 0 radical (unpaired) electrons. The van der Waals surface area contributed by atoms with E-state index in [2.05, 4.69) is 4.98 Å². The van der Waals surface area contributed by atoms with Gasteiger partial charge >= 0.3 is 12.9 Å². The fourth-order valence-corrected chi connectivity index (χ4v) is 4.15. The lowest BCUT2D eigenvalue weighted by Gasteiger charge is -2.30. The lowest BCUT2D eigenvalue weighted by atomic mass is 9.90. The van der Waals surface area contributed by atoms with Crippen molar-refractivity contribution >= 4 is 36.5 Å². The summed E-state index contributed by atoms with van der Waals surface area (Å²) in [6.07, 6.45) is 6.31. The number of nitrogens with one attached hydrogen (secondary N) is 1. The monoisotopic (exact) mass is 426 g/mol. The topological polar surface area (TPSA) is 87.4 Å². The third-order valence-electron chi connectivity index (χ3n) is 5.56. The zero-order valence-electron chi connectivity index (χ0n) is 16.3. The predicted octanol–water partition coefficient (Wildman–Crippen LogP) is 2.00. The van der Waals surface area contributed by atoms with Crippen LogP contribution in [0.2, 0.25) is 0 Å². The van der Waals surface area contributed by atoms with Gasteiger partial charge in [-0.25, -0.2) is 4.79 Å². The van der Waals surface area contributed by atoms with E-state index in [1.165, 1.54) is 0 Å². The second kappa shape index (κ2) is 6.90. The molecule has 0 unspecified atom stereocenters. The van der Waals surface area contributed by atoms with Crippen LogP contribution in [-0.2, 0) is 25.6 Å². The molecule has 2 aromatic heterocycles. The first-order valence-electron chi connectivity index (χ1n) is 9.85. The maximum absolute atomic E-state index is 15.7. The molecular weight excluding hydrogens is 409 g/mol. The summed E-state index contributed by atoms with van der Waals surface area (Å²) in [5.41, 5.74) is 1.90. The number of hydrogen-bond donors (Lipinski definition) is 1. The molecular formula is C20H17BF2N4O4. The Morgan fingerprint density at radius 3 is 2.65 bits per heavy atom. The van der Waals surface area contributed by atoms with Crippen molar-refractivity contribution in [2.24, 2.45) is 0 Å². The Kier molecular flexibility index (Phi) is 4.28. The lowest BCUT2D eigenvalue weighted by Crippen LogP contribution is -2.51. The highest BCUT2D eigenvalue weighted by Crippen LogP contribution is 2.33. The number of carbonyl (C=O) groups is 3. The van der Waals surface area contributed by atoms with Crippen LogP contribution in [-0.4, -0.2) is 49.5 Å². The Labute approximate surface area is 175 Å². The Morgan fingerprint density at radius 1 is 1.16 bits per heavy atom. The summed E-state index contributed by atoms with van der Waals surface area (Å²) in [5, 5.41) is 0.455. The van der Waals surface area contributed by atoms with E-state index in [1.54, 1.807) is 48.7 Å². The molecule has 0 spiro atoms. The van der Waals surface area contributed by atoms with E-state index in [0.717, 1.165) is 8.96 Å². The number of hydroxylamine groups is 2. The summed E-state index contributed by atoms with van der Waals surface area (Å²) in [6, 6.07) is 6.58. The van der Waals surface area contributed by atoms with Crippen molar-refractivity contribution in [2.45, 2.75) is 25.7 Å². The summed E-state index contributed by atoms with van der Waals surface area (Å²) >= 11 is 0. The van der Waals surface area contributed by atoms with Crippen molar-refractivity contribution in [1.82, 2.24) is 14.5 Å². The van der Waals surface area contributed by atoms with Gasteiger partial charge in [0.1, 0.15) is 5.69 Å². The van der Waals surface area contributed by atoms with Gasteiger partial charge in [0.05, 0.1) is 6.42 Å². The van der Waals surface area contributed by atoms with E-state index in [1.807, 2.05) is 0 Å². The fourth-order valence-electron chi connectivity index (χ4n) is 4.15. The van der Waals surface area contributed by atoms with Crippen LogP contribution in [0.5, 0.6) is 0 Å². The molecule has 5 heterocycles. The molecule has 31 heavy (non-hydrogen) atoms. The molecule has 0 aromatic carbocycles. The third kappa shape index (κ3) is 3.04.